The zero-order chi connectivity index (χ0) is 11.9. The molecule has 1 unspecified atom stereocenters. The highest BCUT2D eigenvalue weighted by Crippen LogP contribution is 2.32. The van der Waals surface area contributed by atoms with Crippen LogP contribution in [0.25, 0.3) is 0 Å². The van der Waals surface area contributed by atoms with Gasteiger partial charge in [-0.25, -0.2) is 0 Å². The Balaban J connectivity index is 2.38. The van der Waals surface area contributed by atoms with Crippen molar-refractivity contribution in [1.82, 2.24) is 0 Å². The van der Waals surface area contributed by atoms with Crippen molar-refractivity contribution in [3.8, 4) is 5.75 Å². The number of hydrogen-bond acceptors (Lipinski definition) is 2. The van der Waals surface area contributed by atoms with E-state index in [1.807, 2.05) is 0 Å². The van der Waals surface area contributed by atoms with Crippen LogP contribution in [0.5, 0.6) is 5.75 Å². The number of hydrogen-bond donors (Lipinski definition) is 0. The predicted octanol–water partition coefficient (Wildman–Crippen LogP) is 2.72. The van der Waals surface area contributed by atoms with Crippen molar-refractivity contribution < 1.29 is 22.5 Å². The monoisotopic (exact) mass is 229 g/mol. The third kappa shape index (κ3) is 1.92. The molecule has 1 aromatic carbocycles. The maximum Gasteiger partial charge on any atom is 0.518 e. The first-order valence-corrected chi connectivity index (χ1v) is 4.88. The number of benzene rings is 1. The van der Waals surface area contributed by atoms with Crippen LogP contribution in [0.15, 0.2) is 18.2 Å². The van der Waals surface area contributed by atoms with Gasteiger partial charge in [-0.05, 0) is 19.1 Å². The minimum absolute atomic E-state index is 0.0334. The first kappa shape index (κ1) is 11.0. The molecule has 1 aliphatic heterocycles. The Morgan fingerprint density at radius 1 is 1.38 bits per heavy atom. The second-order valence-corrected chi connectivity index (χ2v) is 3.91. The second kappa shape index (κ2) is 3.54. The molecule has 0 aliphatic carbocycles. The van der Waals surface area contributed by atoms with E-state index < -0.39 is 25.2 Å². The maximum atomic E-state index is 12.5. The molecule has 0 saturated heterocycles. The number of fused-ring (bicyclic) bond motifs is 1. The highest BCUT2D eigenvalue weighted by Gasteiger charge is 2.41. The van der Waals surface area contributed by atoms with Gasteiger partial charge in [0.25, 0.3) is 0 Å². The van der Waals surface area contributed by atoms with Crippen molar-refractivity contribution in [1.29, 1.82) is 0 Å². The average Bonchev–Trinajstić information content (AvgIpc) is 2.17. The predicted molar refractivity (Wildman–Crippen MR) is 53.6 cm³/mol. The van der Waals surface area contributed by atoms with Gasteiger partial charge in [0.2, 0.25) is 0 Å². The summed E-state index contributed by atoms with van der Waals surface area (Å²) in [5.41, 5.74) is 1.07. The number of ketones is 1. The van der Waals surface area contributed by atoms with Gasteiger partial charge in [-0.1, -0.05) is 11.6 Å². The van der Waals surface area contributed by atoms with Crippen LogP contribution in [0.2, 0.25) is 0 Å². The van der Waals surface area contributed by atoms with Gasteiger partial charge in [-0.15, -0.1) is 0 Å². The number of aryl methyl sites for hydroxylation is 1. The summed E-state index contributed by atoms with van der Waals surface area (Å²) >= 11 is 0. The molecule has 86 valence electrons. The first-order valence-electron chi connectivity index (χ1n) is 4.88. The van der Waals surface area contributed by atoms with E-state index in [0.29, 0.717) is 0 Å². The molecular formula is C10H9BF3O2-. The highest BCUT2D eigenvalue weighted by molar-refractivity contribution is 6.60. The summed E-state index contributed by atoms with van der Waals surface area (Å²) in [6, 6.07) is 2.63. The molecule has 1 heterocycles. The van der Waals surface area contributed by atoms with E-state index in [1.165, 1.54) is 6.07 Å². The largest absolute Gasteiger partial charge is 0.518 e. The zero-order valence-electron chi connectivity index (χ0n) is 8.54. The van der Waals surface area contributed by atoms with E-state index in [2.05, 4.69) is 0 Å². The van der Waals surface area contributed by atoms with Crippen molar-refractivity contribution >= 4 is 12.8 Å². The fraction of sp³-hybridized carbons (Fsp3) is 0.300. The van der Waals surface area contributed by atoms with Crippen molar-refractivity contribution in [2.75, 3.05) is 0 Å². The summed E-state index contributed by atoms with van der Waals surface area (Å²) in [6.07, 6.45) is -0.611. The maximum absolute atomic E-state index is 12.5. The number of carbonyl (C=O) groups is 1. The molecule has 0 bridgehead atoms. The van der Waals surface area contributed by atoms with Crippen LogP contribution in [0.1, 0.15) is 22.3 Å². The van der Waals surface area contributed by atoms with E-state index in [1.54, 1.807) is 19.1 Å². The number of Topliss-reactive ketones (excluding diaryl/α,β-unsaturated/α-hetero) is 1. The molecule has 0 radical (unpaired) electrons. The Bertz CT molecular complexity index is 442. The smallest absolute Gasteiger partial charge is 0.517 e. The zero-order valence-corrected chi connectivity index (χ0v) is 8.54. The van der Waals surface area contributed by atoms with Crippen molar-refractivity contribution in [3.05, 3.63) is 29.3 Å². The van der Waals surface area contributed by atoms with Gasteiger partial charge in [0.15, 0.2) is 5.78 Å². The van der Waals surface area contributed by atoms with Gasteiger partial charge in [0.1, 0.15) is 5.75 Å². The fourth-order valence-electron chi connectivity index (χ4n) is 1.67. The first-order chi connectivity index (χ1) is 7.38. The lowest BCUT2D eigenvalue weighted by atomic mass is 9.76. The molecule has 0 spiro atoms. The molecule has 1 aliphatic rings. The Morgan fingerprint density at radius 3 is 2.69 bits per heavy atom. The Kier molecular flexibility index (Phi) is 2.44. The van der Waals surface area contributed by atoms with Crippen molar-refractivity contribution in [3.63, 3.8) is 0 Å². The second-order valence-electron chi connectivity index (χ2n) is 3.91. The van der Waals surface area contributed by atoms with Crippen molar-refractivity contribution in [2.24, 2.45) is 0 Å². The number of carbonyl (C=O) groups excluding carboxylic acids is 1. The van der Waals surface area contributed by atoms with Gasteiger partial charge in [-0.2, -0.15) is 0 Å². The minimum Gasteiger partial charge on any atom is -0.517 e. The lowest BCUT2D eigenvalue weighted by molar-refractivity contribution is 0.0879. The van der Waals surface area contributed by atoms with E-state index >= 15 is 0 Å². The molecule has 6 heteroatoms. The molecule has 0 saturated carbocycles. The molecule has 1 atom stereocenters. The van der Waals surface area contributed by atoms with Crippen LogP contribution in [-0.2, 0) is 0 Å². The molecule has 0 aromatic heterocycles. The summed E-state index contributed by atoms with van der Waals surface area (Å²) in [5, 5.41) is 0. The molecular weight excluding hydrogens is 220 g/mol. The molecule has 0 amide bonds. The van der Waals surface area contributed by atoms with Gasteiger partial charge in [-0.3, -0.25) is 4.79 Å². The summed E-state index contributed by atoms with van der Waals surface area (Å²) in [7, 11) is 0. The van der Waals surface area contributed by atoms with Gasteiger partial charge >= 0.3 is 6.98 Å². The van der Waals surface area contributed by atoms with Gasteiger partial charge < -0.3 is 17.7 Å². The normalized spacial score (nSPS) is 20.2. The fourth-order valence-corrected chi connectivity index (χ4v) is 1.67. The van der Waals surface area contributed by atoms with E-state index in [-0.39, 0.29) is 11.3 Å². The van der Waals surface area contributed by atoms with Crippen LogP contribution in [0.3, 0.4) is 0 Å². The number of halogens is 3. The summed E-state index contributed by atoms with van der Waals surface area (Å²) in [5.74, 6) is -0.472. The number of ether oxygens (including phenoxy) is 1. The average molecular weight is 229 g/mol. The van der Waals surface area contributed by atoms with Crippen LogP contribution in [0, 0.1) is 6.92 Å². The van der Waals surface area contributed by atoms with Crippen LogP contribution >= 0.6 is 0 Å². The van der Waals surface area contributed by atoms with Gasteiger partial charge in [0.05, 0.1) is 11.6 Å². The highest BCUT2D eigenvalue weighted by atomic mass is 19.4. The molecule has 0 N–H and O–H groups in total. The summed E-state index contributed by atoms with van der Waals surface area (Å²) in [6.45, 7) is -3.37. The summed E-state index contributed by atoms with van der Waals surface area (Å²) < 4.78 is 42.2. The van der Waals surface area contributed by atoms with Gasteiger partial charge in [0, 0.05) is 6.42 Å². The lowest BCUT2D eigenvalue weighted by Gasteiger charge is -2.31. The Labute approximate surface area is 90.5 Å². The standard InChI is InChI=1S/C10H9BF3O2/c1-6-2-3-9-7(4-6)8(15)5-10(16-9)11(12,13)14/h2-4,10H,5H2,1H3/q-1. The van der Waals surface area contributed by atoms with Crippen LogP contribution in [-0.4, -0.2) is 18.8 Å². The topological polar surface area (TPSA) is 26.3 Å². The molecule has 1 aromatic rings. The lowest BCUT2D eigenvalue weighted by Crippen LogP contribution is -2.43. The molecule has 0 fully saturated rings. The van der Waals surface area contributed by atoms with E-state index in [4.69, 9.17) is 4.74 Å². The van der Waals surface area contributed by atoms with Crippen LogP contribution in [0.4, 0.5) is 12.9 Å². The SMILES string of the molecule is Cc1ccc2c(c1)C(=O)CC([B-](F)(F)F)O2. The Morgan fingerprint density at radius 2 is 2.06 bits per heavy atom. The van der Waals surface area contributed by atoms with E-state index in [0.717, 1.165) is 5.56 Å². The third-order valence-corrected chi connectivity index (χ3v) is 2.52. The quantitative estimate of drug-likeness (QED) is 0.692. The third-order valence-electron chi connectivity index (χ3n) is 2.52. The molecule has 2 rings (SSSR count). The van der Waals surface area contributed by atoms with Crippen molar-refractivity contribution in [2.45, 2.75) is 19.3 Å². The molecule has 2 nitrogen and oxygen atoms in total. The van der Waals surface area contributed by atoms with Crippen LogP contribution < -0.4 is 4.74 Å². The molecule has 16 heavy (non-hydrogen) atoms. The summed E-state index contributed by atoms with van der Waals surface area (Å²) in [4.78, 5) is 11.5. The number of rotatable bonds is 1. The Hall–Kier alpha value is -1.46. The van der Waals surface area contributed by atoms with E-state index in [9.17, 15) is 17.7 Å². The minimum atomic E-state index is -5.14.